The third-order valence-electron chi connectivity index (χ3n) is 5.65. The standard InChI is InChI=1S/C23H26N2O6S/c1-23(2,3)31-22(27)24-19(21(26)30-4)14-17-16-12-8-9-13-18(16)25(20(17)24)32(28,29)15-10-6-5-7-11-15/h5-13,17,19-20H,14H2,1-4H3/t17-,19-,20-/m1/s1. The van der Waals surface area contributed by atoms with Crippen LogP contribution >= 0.6 is 0 Å². The summed E-state index contributed by atoms with van der Waals surface area (Å²) in [5.74, 6) is -1.01. The molecule has 2 aromatic carbocycles. The molecule has 0 bridgehead atoms. The van der Waals surface area contributed by atoms with E-state index in [0.29, 0.717) is 5.69 Å². The fourth-order valence-electron chi connectivity index (χ4n) is 4.44. The Balaban J connectivity index is 1.88. The van der Waals surface area contributed by atoms with Gasteiger partial charge in [-0.25, -0.2) is 22.3 Å². The van der Waals surface area contributed by atoms with E-state index in [1.54, 1.807) is 51.1 Å². The second kappa shape index (κ2) is 7.81. The second-order valence-electron chi connectivity index (χ2n) is 8.86. The summed E-state index contributed by atoms with van der Waals surface area (Å²) in [6.07, 6.45) is -1.48. The molecule has 0 spiro atoms. The average molecular weight is 459 g/mol. The maximum atomic E-state index is 13.8. The van der Waals surface area contributed by atoms with E-state index in [9.17, 15) is 18.0 Å². The van der Waals surface area contributed by atoms with Gasteiger partial charge in [0.1, 0.15) is 17.8 Å². The summed E-state index contributed by atoms with van der Waals surface area (Å²) in [4.78, 5) is 27.2. The highest BCUT2D eigenvalue weighted by Gasteiger charge is 2.58. The number of ether oxygens (including phenoxy) is 2. The maximum Gasteiger partial charge on any atom is 0.412 e. The van der Waals surface area contributed by atoms with Gasteiger partial charge >= 0.3 is 12.1 Å². The molecule has 0 aromatic heterocycles. The quantitative estimate of drug-likeness (QED) is 0.654. The molecule has 2 heterocycles. The molecule has 0 unspecified atom stereocenters. The molecule has 9 heteroatoms. The Kier molecular flexibility index (Phi) is 5.40. The molecule has 170 valence electrons. The first kappa shape index (κ1) is 22.1. The number of benzene rings is 2. The number of likely N-dealkylation sites (tertiary alicyclic amines) is 1. The summed E-state index contributed by atoms with van der Waals surface area (Å²) >= 11 is 0. The highest BCUT2D eigenvalue weighted by Crippen LogP contribution is 2.52. The van der Waals surface area contributed by atoms with Crippen molar-refractivity contribution in [3.8, 4) is 0 Å². The minimum atomic E-state index is -4.04. The first-order chi connectivity index (χ1) is 15.1. The molecule has 2 aliphatic rings. The number of amides is 1. The predicted molar refractivity (Wildman–Crippen MR) is 118 cm³/mol. The van der Waals surface area contributed by atoms with E-state index < -0.39 is 45.8 Å². The Labute approximate surface area is 187 Å². The first-order valence-corrected chi connectivity index (χ1v) is 11.8. The zero-order valence-electron chi connectivity index (χ0n) is 18.4. The van der Waals surface area contributed by atoms with Gasteiger partial charge in [-0.05, 0) is 51.0 Å². The molecule has 0 saturated carbocycles. The van der Waals surface area contributed by atoms with Gasteiger partial charge < -0.3 is 9.47 Å². The number of carbonyl (C=O) groups is 2. The van der Waals surface area contributed by atoms with Crippen LogP contribution in [0.3, 0.4) is 0 Å². The number of rotatable bonds is 3. The van der Waals surface area contributed by atoms with Crippen LogP contribution in [0.15, 0.2) is 59.5 Å². The molecule has 1 amide bonds. The zero-order valence-corrected chi connectivity index (χ0v) is 19.2. The van der Waals surface area contributed by atoms with Crippen LogP contribution in [0.2, 0.25) is 0 Å². The molecular formula is C23H26N2O6S. The summed E-state index contributed by atoms with van der Waals surface area (Å²) in [7, 11) is -2.79. The Bertz CT molecular complexity index is 1140. The average Bonchev–Trinajstić information content (AvgIpc) is 3.27. The van der Waals surface area contributed by atoms with Gasteiger partial charge in [0.25, 0.3) is 10.0 Å². The lowest BCUT2D eigenvalue weighted by Gasteiger charge is -2.36. The number of carbonyl (C=O) groups excluding carboxylic acids is 2. The number of hydrogen-bond acceptors (Lipinski definition) is 6. The van der Waals surface area contributed by atoms with Crippen LogP contribution in [0.25, 0.3) is 0 Å². The van der Waals surface area contributed by atoms with E-state index in [2.05, 4.69) is 0 Å². The number of nitrogens with zero attached hydrogens (tertiary/aromatic N) is 2. The number of hydrogen-bond donors (Lipinski definition) is 0. The van der Waals surface area contributed by atoms with Gasteiger partial charge in [-0.3, -0.25) is 4.90 Å². The van der Waals surface area contributed by atoms with Crippen molar-refractivity contribution in [3.63, 3.8) is 0 Å². The molecule has 0 radical (unpaired) electrons. The topological polar surface area (TPSA) is 93.2 Å². The zero-order chi connectivity index (χ0) is 23.3. The lowest BCUT2D eigenvalue weighted by atomic mass is 9.96. The summed E-state index contributed by atoms with van der Waals surface area (Å²) < 4.78 is 39.3. The van der Waals surface area contributed by atoms with Gasteiger partial charge in [-0.15, -0.1) is 0 Å². The molecular weight excluding hydrogens is 432 g/mol. The molecule has 0 N–H and O–H groups in total. The summed E-state index contributed by atoms with van der Waals surface area (Å²) in [5, 5.41) is 0. The van der Waals surface area contributed by atoms with E-state index >= 15 is 0 Å². The number of anilines is 1. The monoisotopic (exact) mass is 458 g/mol. The highest BCUT2D eigenvalue weighted by atomic mass is 32.2. The largest absolute Gasteiger partial charge is 0.467 e. The van der Waals surface area contributed by atoms with Crippen molar-refractivity contribution in [1.29, 1.82) is 0 Å². The van der Waals surface area contributed by atoms with Gasteiger partial charge in [0.15, 0.2) is 0 Å². The van der Waals surface area contributed by atoms with Crippen LogP contribution in [0.1, 0.15) is 38.7 Å². The van der Waals surface area contributed by atoms with Crippen molar-refractivity contribution in [3.05, 3.63) is 60.2 Å². The van der Waals surface area contributed by atoms with Gasteiger partial charge in [0.05, 0.1) is 17.7 Å². The van der Waals surface area contributed by atoms with Gasteiger partial charge in [-0.2, -0.15) is 0 Å². The molecule has 1 saturated heterocycles. The summed E-state index contributed by atoms with van der Waals surface area (Å²) in [5.41, 5.74) is 0.421. The maximum absolute atomic E-state index is 13.8. The lowest BCUT2D eigenvalue weighted by Crippen LogP contribution is -2.54. The van der Waals surface area contributed by atoms with Gasteiger partial charge in [-0.1, -0.05) is 36.4 Å². The molecule has 1 fully saturated rings. The minimum Gasteiger partial charge on any atom is -0.467 e. The molecule has 0 aliphatic carbocycles. The second-order valence-corrected chi connectivity index (χ2v) is 10.7. The van der Waals surface area contributed by atoms with Gasteiger partial charge in [0, 0.05) is 5.92 Å². The Morgan fingerprint density at radius 2 is 1.62 bits per heavy atom. The number of para-hydroxylation sites is 1. The molecule has 8 nitrogen and oxygen atoms in total. The van der Waals surface area contributed by atoms with Crippen LogP contribution < -0.4 is 4.31 Å². The van der Waals surface area contributed by atoms with Crippen molar-refractivity contribution >= 4 is 27.8 Å². The fraction of sp³-hybridized carbons (Fsp3) is 0.391. The highest BCUT2D eigenvalue weighted by molar-refractivity contribution is 7.92. The minimum absolute atomic E-state index is 0.0982. The third kappa shape index (κ3) is 3.60. The molecule has 2 aliphatic heterocycles. The summed E-state index contributed by atoms with van der Waals surface area (Å²) in [6.45, 7) is 5.15. The lowest BCUT2D eigenvalue weighted by molar-refractivity contribution is -0.146. The van der Waals surface area contributed by atoms with E-state index in [1.807, 2.05) is 12.1 Å². The van der Waals surface area contributed by atoms with Crippen LogP contribution in [0, 0.1) is 0 Å². The number of fused-ring (bicyclic) bond motifs is 3. The van der Waals surface area contributed by atoms with Crippen LogP contribution in [-0.2, 0) is 24.3 Å². The predicted octanol–water partition coefficient (Wildman–Crippen LogP) is 3.49. The molecule has 4 rings (SSSR count). The van der Waals surface area contributed by atoms with Crippen LogP contribution in [0.4, 0.5) is 10.5 Å². The van der Waals surface area contributed by atoms with E-state index in [-0.39, 0.29) is 11.3 Å². The van der Waals surface area contributed by atoms with Crippen molar-refractivity contribution in [1.82, 2.24) is 4.90 Å². The molecule has 2 aromatic rings. The molecule has 3 atom stereocenters. The van der Waals surface area contributed by atoms with Crippen molar-refractivity contribution in [2.24, 2.45) is 0 Å². The van der Waals surface area contributed by atoms with Crippen LogP contribution in [-0.4, -0.2) is 50.3 Å². The number of esters is 1. The van der Waals surface area contributed by atoms with E-state index in [4.69, 9.17) is 9.47 Å². The van der Waals surface area contributed by atoms with Crippen molar-refractivity contribution in [2.75, 3.05) is 11.4 Å². The van der Waals surface area contributed by atoms with Crippen LogP contribution in [0.5, 0.6) is 0 Å². The SMILES string of the molecule is COC(=O)[C@H]1C[C@@H]2c3ccccc3N(S(=O)(=O)c3ccccc3)[C@H]2N1C(=O)OC(C)(C)C. The number of sulfonamides is 1. The smallest absolute Gasteiger partial charge is 0.412 e. The van der Waals surface area contributed by atoms with Crippen molar-refractivity contribution < 1.29 is 27.5 Å². The Morgan fingerprint density at radius 1 is 1.00 bits per heavy atom. The Hall–Kier alpha value is -3.07. The van der Waals surface area contributed by atoms with Crippen molar-refractivity contribution in [2.45, 2.75) is 55.8 Å². The first-order valence-electron chi connectivity index (χ1n) is 10.3. The third-order valence-corrected chi connectivity index (χ3v) is 7.45. The fourth-order valence-corrected chi connectivity index (χ4v) is 6.12. The Morgan fingerprint density at radius 3 is 2.25 bits per heavy atom. The van der Waals surface area contributed by atoms with Gasteiger partial charge in [0.2, 0.25) is 0 Å². The van der Waals surface area contributed by atoms with E-state index in [1.165, 1.54) is 28.4 Å². The molecule has 32 heavy (non-hydrogen) atoms. The summed E-state index contributed by atoms with van der Waals surface area (Å²) in [6, 6.07) is 14.2. The van der Waals surface area contributed by atoms with E-state index in [0.717, 1.165) is 5.56 Å². The number of methoxy groups -OCH3 is 1. The normalized spacial score (nSPS) is 22.3.